The number of carbonyl (C=O) groups excluding carboxylic acids is 1. The van der Waals surface area contributed by atoms with Crippen molar-refractivity contribution in [2.24, 2.45) is 0 Å². The Balaban J connectivity index is 1.49. The van der Waals surface area contributed by atoms with Crippen LogP contribution in [0.2, 0.25) is 0 Å². The van der Waals surface area contributed by atoms with Crippen molar-refractivity contribution in [2.45, 2.75) is 18.9 Å². The van der Waals surface area contributed by atoms with E-state index >= 15 is 0 Å². The second-order valence-corrected chi connectivity index (χ2v) is 8.69. The molecular weight excluding hydrogens is 418 g/mol. The SMILES string of the molecule is O=C(N[C@@H]1CCc2ccccc21)c1nn(-c2ccccn2)c2nccc(-c3cccs3)c12. The van der Waals surface area contributed by atoms with Crippen LogP contribution in [0.5, 0.6) is 0 Å². The van der Waals surface area contributed by atoms with E-state index in [2.05, 4.69) is 27.4 Å². The fourth-order valence-corrected chi connectivity index (χ4v) is 5.17. The van der Waals surface area contributed by atoms with Crippen LogP contribution < -0.4 is 5.32 Å². The number of benzene rings is 1. The van der Waals surface area contributed by atoms with Gasteiger partial charge in [-0.3, -0.25) is 4.79 Å². The smallest absolute Gasteiger partial charge is 0.273 e. The highest BCUT2D eigenvalue weighted by Crippen LogP contribution is 2.35. The maximum absolute atomic E-state index is 13.6. The summed E-state index contributed by atoms with van der Waals surface area (Å²) in [7, 11) is 0. The molecule has 4 heterocycles. The first-order chi connectivity index (χ1) is 15.8. The lowest BCUT2D eigenvalue weighted by atomic mass is 10.1. The third-order valence-electron chi connectivity index (χ3n) is 5.87. The minimum absolute atomic E-state index is 0.0180. The molecule has 1 aliphatic carbocycles. The van der Waals surface area contributed by atoms with Crippen LogP contribution in [-0.2, 0) is 6.42 Å². The van der Waals surface area contributed by atoms with Gasteiger partial charge in [-0.05, 0) is 53.6 Å². The summed E-state index contributed by atoms with van der Waals surface area (Å²) in [6.45, 7) is 0. The van der Waals surface area contributed by atoms with E-state index in [4.69, 9.17) is 5.10 Å². The fourth-order valence-electron chi connectivity index (χ4n) is 4.41. The van der Waals surface area contributed by atoms with Crippen LogP contribution >= 0.6 is 11.3 Å². The number of nitrogens with one attached hydrogen (secondary N) is 1. The van der Waals surface area contributed by atoms with Crippen LogP contribution in [0.15, 0.2) is 78.4 Å². The number of nitrogens with zero attached hydrogens (tertiary/aromatic N) is 4. The number of carbonyl (C=O) groups is 1. The number of pyridine rings is 2. The van der Waals surface area contributed by atoms with Crippen molar-refractivity contribution in [3.8, 4) is 16.3 Å². The van der Waals surface area contributed by atoms with E-state index in [0.29, 0.717) is 17.2 Å². The van der Waals surface area contributed by atoms with Gasteiger partial charge in [0.2, 0.25) is 0 Å². The number of hydrogen-bond acceptors (Lipinski definition) is 5. The molecule has 156 valence electrons. The first kappa shape index (κ1) is 18.9. The van der Waals surface area contributed by atoms with Crippen LogP contribution in [0, 0.1) is 0 Å². The average molecular weight is 438 g/mol. The maximum Gasteiger partial charge on any atom is 0.273 e. The summed E-state index contributed by atoms with van der Waals surface area (Å²) in [6, 6.07) is 19.9. The van der Waals surface area contributed by atoms with E-state index in [1.807, 2.05) is 53.9 Å². The van der Waals surface area contributed by atoms with Crippen LogP contribution in [0.1, 0.15) is 34.1 Å². The molecule has 1 aliphatic rings. The first-order valence-corrected chi connectivity index (χ1v) is 11.4. The van der Waals surface area contributed by atoms with E-state index in [0.717, 1.165) is 28.7 Å². The topological polar surface area (TPSA) is 72.7 Å². The zero-order valence-electron chi connectivity index (χ0n) is 17.1. The molecule has 1 aromatic carbocycles. The Morgan fingerprint density at radius 2 is 1.91 bits per heavy atom. The predicted molar refractivity (Wildman–Crippen MR) is 125 cm³/mol. The van der Waals surface area contributed by atoms with E-state index in [1.54, 1.807) is 28.4 Å². The highest BCUT2D eigenvalue weighted by molar-refractivity contribution is 7.13. The van der Waals surface area contributed by atoms with Gasteiger partial charge >= 0.3 is 0 Å². The Morgan fingerprint density at radius 3 is 2.75 bits per heavy atom. The molecule has 32 heavy (non-hydrogen) atoms. The number of hydrogen-bond donors (Lipinski definition) is 1. The van der Waals surface area contributed by atoms with Gasteiger partial charge < -0.3 is 5.32 Å². The molecule has 1 amide bonds. The van der Waals surface area contributed by atoms with Gasteiger partial charge in [-0.1, -0.05) is 36.4 Å². The summed E-state index contributed by atoms with van der Waals surface area (Å²) in [4.78, 5) is 23.6. The minimum atomic E-state index is -0.197. The number of aryl methyl sites for hydroxylation is 1. The molecule has 5 aromatic rings. The molecule has 6 nitrogen and oxygen atoms in total. The second-order valence-electron chi connectivity index (χ2n) is 7.75. The van der Waals surface area contributed by atoms with E-state index in [1.165, 1.54) is 11.1 Å². The summed E-state index contributed by atoms with van der Waals surface area (Å²) in [5, 5.41) is 10.7. The molecule has 0 saturated carbocycles. The van der Waals surface area contributed by atoms with Crippen molar-refractivity contribution in [1.82, 2.24) is 25.1 Å². The normalized spacial score (nSPS) is 15.1. The van der Waals surface area contributed by atoms with Gasteiger partial charge in [-0.15, -0.1) is 11.3 Å². The number of rotatable bonds is 4. The maximum atomic E-state index is 13.6. The van der Waals surface area contributed by atoms with Gasteiger partial charge in [0.15, 0.2) is 17.2 Å². The molecule has 4 aromatic heterocycles. The standard InChI is InChI=1S/C25H19N5OS/c31-25(28-19-11-10-16-6-1-2-7-17(16)19)23-22-18(20-8-5-15-32-20)12-14-27-24(22)30(29-23)21-9-3-4-13-26-21/h1-9,12-15,19H,10-11H2,(H,28,31)/t19-/m1/s1. The second kappa shape index (κ2) is 7.69. The van der Waals surface area contributed by atoms with Crippen LogP contribution in [-0.4, -0.2) is 25.7 Å². The molecule has 0 aliphatic heterocycles. The molecule has 0 spiro atoms. The summed E-state index contributed by atoms with van der Waals surface area (Å²) in [6.07, 6.45) is 5.32. The summed E-state index contributed by atoms with van der Waals surface area (Å²) in [5.41, 5.74) is 4.41. The lowest BCUT2D eigenvalue weighted by Gasteiger charge is -2.13. The third-order valence-corrected chi connectivity index (χ3v) is 6.78. The number of aromatic nitrogens is 4. The zero-order chi connectivity index (χ0) is 21.5. The van der Waals surface area contributed by atoms with Gasteiger partial charge in [0.05, 0.1) is 11.4 Å². The highest BCUT2D eigenvalue weighted by atomic mass is 32.1. The van der Waals surface area contributed by atoms with Crippen molar-refractivity contribution >= 4 is 28.3 Å². The lowest BCUT2D eigenvalue weighted by molar-refractivity contribution is 0.0933. The summed E-state index contributed by atoms with van der Waals surface area (Å²) >= 11 is 1.63. The van der Waals surface area contributed by atoms with Crippen LogP contribution in [0.4, 0.5) is 0 Å². The van der Waals surface area contributed by atoms with Gasteiger partial charge in [0, 0.05) is 22.8 Å². The summed E-state index contributed by atoms with van der Waals surface area (Å²) < 4.78 is 1.66. The monoisotopic (exact) mass is 437 g/mol. The third kappa shape index (κ3) is 3.09. The summed E-state index contributed by atoms with van der Waals surface area (Å²) in [5.74, 6) is 0.427. The van der Waals surface area contributed by atoms with E-state index in [9.17, 15) is 4.79 Å². The molecule has 7 heteroatoms. The quantitative estimate of drug-likeness (QED) is 0.431. The van der Waals surface area contributed by atoms with Gasteiger partial charge in [-0.2, -0.15) is 9.78 Å². The highest BCUT2D eigenvalue weighted by Gasteiger charge is 2.28. The molecule has 1 atom stereocenters. The van der Waals surface area contributed by atoms with Gasteiger partial charge in [0.25, 0.3) is 5.91 Å². The first-order valence-electron chi connectivity index (χ1n) is 10.5. The molecule has 1 N–H and O–H groups in total. The Kier molecular flexibility index (Phi) is 4.54. The van der Waals surface area contributed by atoms with E-state index in [-0.39, 0.29) is 11.9 Å². The molecule has 0 unspecified atom stereocenters. The van der Waals surface area contributed by atoms with Gasteiger partial charge in [-0.25, -0.2) is 9.97 Å². The number of thiophene rings is 1. The van der Waals surface area contributed by atoms with Crippen molar-refractivity contribution in [3.05, 3.63) is 95.3 Å². The predicted octanol–water partition coefficient (Wildman–Crippen LogP) is 4.96. The van der Waals surface area contributed by atoms with Crippen LogP contribution in [0.25, 0.3) is 27.3 Å². The molecule has 0 fully saturated rings. The Morgan fingerprint density at radius 1 is 1.00 bits per heavy atom. The van der Waals surface area contributed by atoms with Crippen molar-refractivity contribution in [2.75, 3.05) is 0 Å². The molecule has 0 bridgehead atoms. The minimum Gasteiger partial charge on any atom is -0.344 e. The zero-order valence-corrected chi connectivity index (χ0v) is 17.9. The Labute approximate surface area is 188 Å². The van der Waals surface area contributed by atoms with Crippen molar-refractivity contribution in [1.29, 1.82) is 0 Å². The number of amides is 1. The largest absolute Gasteiger partial charge is 0.344 e. The molecule has 0 radical (unpaired) electrons. The van der Waals surface area contributed by atoms with Crippen molar-refractivity contribution in [3.63, 3.8) is 0 Å². The van der Waals surface area contributed by atoms with Crippen LogP contribution in [0.3, 0.4) is 0 Å². The number of fused-ring (bicyclic) bond motifs is 2. The van der Waals surface area contributed by atoms with E-state index < -0.39 is 0 Å². The fraction of sp³-hybridized carbons (Fsp3) is 0.120. The van der Waals surface area contributed by atoms with Crippen molar-refractivity contribution < 1.29 is 4.79 Å². The average Bonchev–Trinajstić information content (AvgIpc) is 3.59. The molecule has 6 rings (SSSR count). The Hall–Kier alpha value is -3.84. The molecular formula is C25H19N5OS. The van der Waals surface area contributed by atoms with Gasteiger partial charge in [0.1, 0.15) is 0 Å². The molecule has 0 saturated heterocycles. The lowest BCUT2D eigenvalue weighted by Crippen LogP contribution is -2.27. The Bertz CT molecular complexity index is 1430.